The van der Waals surface area contributed by atoms with E-state index in [9.17, 15) is 14.7 Å². The van der Waals surface area contributed by atoms with Gasteiger partial charge in [-0.05, 0) is 58.8 Å². The van der Waals surface area contributed by atoms with E-state index in [1.165, 1.54) is 0 Å². The summed E-state index contributed by atoms with van der Waals surface area (Å²) < 4.78 is 12.9. The number of carbonyl (C=O) groups is 2. The van der Waals surface area contributed by atoms with Gasteiger partial charge in [-0.2, -0.15) is 0 Å². The first-order chi connectivity index (χ1) is 15.1. The van der Waals surface area contributed by atoms with Crippen molar-refractivity contribution in [2.45, 2.75) is 105 Å². The molecule has 0 saturated carbocycles. The van der Waals surface area contributed by atoms with Crippen molar-refractivity contribution >= 4 is 11.6 Å². The molecule has 2 heterocycles. The molecule has 4 rings (SSSR count). The third-order valence-electron chi connectivity index (χ3n) is 8.41. The van der Waals surface area contributed by atoms with E-state index in [1.54, 1.807) is 13.8 Å². The molecule has 5 nitrogen and oxygen atoms in total. The lowest BCUT2D eigenvalue weighted by molar-refractivity contribution is -0.132. The number of ether oxygens (including phenoxy) is 2. The maximum atomic E-state index is 13.4. The number of aliphatic hydroxyl groups excluding tert-OH is 1. The SMILES string of the molecule is CC(C)C(=O)C1=C(O)C2=C(O[C@]3(C)C/C=C/C(C)(C)C[C@H]4O[C@]4(C)CC[C@H]3C2)C(C)(C)C1=O. The number of hydrogen-bond donors (Lipinski definition) is 1. The number of carbonyl (C=O) groups excluding carboxylic acids is 2. The Morgan fingerprint density at radius 3 is 2.42 bits per heavy atom. The van der Waals surface area contributed by atoms with E-state index in [1.807, 2.05) is 13.8 Å². The third kappa shape index (κ3) is 4.00. The van der Waals surface area contributed by atoms with Gasteiger partial charge < -0.3 is 14.6 Å². The number of hydrogen-bond acceptors (Lipinski definition) is 5. The Balaban J connectivity index is 1.77. The minimum absolute atomic E-state index is 0.0326. The Morgan fingerprint density at radius 1 is 1.12 bits per heavy atom. The molecule has 2 aliphatic heterocycles. The molecule has 4 aliphatic rings. The Kier molecular flexibility index (Phi) is 5.56. The van der Waals surface area contributed by atoms with Crippen LogP contribution in [0.3, 0.4) is 0 Å². The van der Waals surface area contributed by atoms with Gasteiger partial charge in [-0.3, -0.25) is 9.59 Å². The van der Waals surface area contributed by atoms with Crippen molar-refractivity contribution in [1.29, 1.82) is 0 Å². The number of aliphatic hydroxyl groups is 1. The molecule has 0 aromatic rings. The van der Waals surface area contributed by atoms with Gasteiger partial charge in [-0.15, -0.1) is 0 Å². The van der Waals surface area contributed by atoms with E-state index in [-0.39, 0.29) is 51.9 Å². The van der Waals surface area contributed by atoms with Crippen molar-refractivity contribution in [2.75, 3.05) is 0 Å². The van der Waals surface area contributed by atoms with Gasteiger partial charge in [0.25, 0.3) is 0 Å². The van der Waals surface area contributed by atoms with Gasteiger partial charge in [-0.1, -0.05) is 39.8 Å². The molecule has 1 fully saturated rings. The highest BCUT2D eigenvalue weighted by Gasteiger charge is 2.56. The minimum Gasteiger partial charge on any atom is -0.507 e. The van der Waals surface area contributed by atoms with Crippen molar-refractivity contribution in [3.8, 4) is 0 Å². The van der Waals surface area contributed by atoms with Crippen LogP contribution in [0.25, 0.3) is 0 Å². The van der Waals surface area contributed by atoms with Crippen LogP contribution in [0.15, 0.2) is 34.8 Å². The van der Waals surface area contributed by atoms with Crippen LogP contribution in [0, 0.1) is 22.7 Å². The standard InChI is InChI=1S/C28H40O5/c1-16(2)21(29)20-22(30)18-14-17-10-13-28(8)19(32-28)15-25(3,4)11-9-12-27(17,7)33-24(18)26(5,6)23(20)31/h9,11,16-17,19,30H,10,12-15H2,1-8H3/b11-9+/t17-,19+,27+,28+/m0/s1. The lowest BCUT2D eigenvalue weighted by Gasteiger charge is -2.48. The van der Waals surface area contributed by atoms with Crippen LogP contribution in [0.1, 0.15) is 87.5 Å². The highest BCUT2D eigenvalue weighted by molar-refractivity contribution is 6.24. The van der Waals surface area contributed by atoms with E-state index in [4.69, 9.17) is 9.47 Å². The second-order valence-corrected chi connectivity index (χ2v) is 12.6. The van der Waals surface area contributed by atoms with Crippen molar-refractivity contribution in [3.63, 3.8) is 0 Å². The lowest BCUT2D eigenvalue weighted by Crippen LogP contribution is -2.48. The summed E-state index contributed by atoms with van der Waals surface area (Å²) in [4.78, 5) is 26.3. The second-order valence-electron chi connectivity index (χ2n) is 12.6. The van der Waals surface area contributed by atoms with Crippen molar-refractivity contribution in [2.24, 2.45) is 22.7 Å². The molecule has 0 spiro atoms. The van der Waals surface area contributed by atoms with Gasteiger partial charge in [0.05, 0.1) is 17.1 Å². The van der Waals surface area contributed by atoms with Gasteiger partial charge in [0.1, 0.15) is 22.7 Å². The van der Waals surface area contributed by atoms with Gasteiger partial charge in [0, 0.05) is 23.8 Å². The molecule has 1 N–H and O–H groups in total. The summed E-state index contributed by atoms with van der Waals surface area (Å²) in [5.41, 5.74) is -1.02. The lowest BCUT2D eigenvalue weighted by atomic mass is 9.67. The Morgan fingerprint density at radius 2 is 1.79 bits per heavy atom. The first-order valence-electron chi connectivity index (χ1n) is 12.4. The number of allylic oxidation sites excluding steroid dienone is 4. The van der Waals surface area contributed by atoms with Crippen LogP contribution in [0.5, 0.6) is 0 Å². The highest BCUT2D eigenvalue weighted by Crippen LogP contribution is 2.54. The highest BCUT2D eigenvalue weighted by atomic mass is 16.6. The molecule has 0 aromatic carbocycles. The fourth-order valence-corrected chi connectivity index (χ4v) is 5.84. The quantitative estimate of drug-likeness (QED) is 0.313. The molecule has 0 aromatic heterocycles. The Bertz CT molecular complexity index is 978. The molecule has 2 aliphatic carbocycles. The van der Waals surface area contributed by atoms with Gasteiger partial charge in [-0.25, -0.2) is 0 Å². The van der Waals surface area contributed by atoms with Crippen LogP contribution >= 0.6 is 0 Å². The topological polar surface area (TPSA) is 76.1 Å². The molecular formula is C28H40O5. The molecule has 0 radical (unpaired) electrons. The molecule has 1 saturated heterocycles. The average Bonchev–Trinajstić information content (AvgIpc) is 3.32. The van der Waals surface area contributed by atoms with Crippen LogP contribution in [0.2, 0.25) is 0 Å². The Hall–Kier alpha value is -1.88. The van der Waals surface area contributed by atoms with Gasteiger partial charge in [0.2, 0.25) is 0 Å². The first-order valence-corrected chi connectivity index (χ1v) is 12.4. The molecule has 182 valence electrons. The average molecular weight is 457 g/mol. The number of fused-ring (bicyclic) bond motifs is 2. The zero-order valence-corrected chi connectivity index (χ0v) is 21.5. The molecule has 0 bridgehead atoms. The largest absolute Gasteiger partial charge is 0.507 e. The van der Waals surface area contributed by atoms with Crippen LogP contribution in [-0.2, 0) is 19.1 Å². The summed E-state index contributed by atoms with van der Waals surface area (Å²) in [5.74, 6) is -0.542. The summed E-state index contributed by atoms with van der Waals surface area (Å²) in [6.07, 6.45) is 8.86. The zero-order valence-electron chi connectivity index (χ0n) is 21.5. The molecule has 4 atom stereocenters. The molecular weight excluding hydrogens is 416 g/mol. The maximum Gasteiger partial charge on any atom is 0.183 e. The minimum atomic E-state index is -0.999. The monoisotopic (exact) mass is 456 g/mol. The van der Waals surface area contributed by atoms with Crippen molar-refractivity contribution in [1.82, 2.24) is 0 Å². The van der Waals surface area contributed by atoms with Crippen molar-refractivity contribution < 1.29 is 24.2 Å². The molecule has 33 heavy (non-hydrogen) atoms. The maximum absolute atomic E-state index is 13.4. The van der Waals surface area contributed by atoms with Gasteiger partial charge >= 0.3 is 0 Å². The number of rotatable bonds is 2. The van der Waals surface area contributed by atoms with E-state index < -0.39 is 11.0 Å². The molecule has 0 unspecified atom stereocenters. The van der Waals surface area contributed by atoms with E-state index in [0.29, 0.717) is 17.8 Å². The number of epoxide rings is 1. The van der Waals surface area contributed by atoms with E-state index in [0.717, 1.165) is 25.7 Å². The predicted molar refractivity (Wildman–Crippen MR) is 128 cm³/mol. The molecule has 0 amide bonds. The second kappa shape index (κ2) is 7.56. The first kappa shape index (κ1) is 24.3. The van der Waals surface area contributed by atoms with Crippen LogP contribution in [0.4, 0.5) is 0 Å². The third-order valence-corrected chi connectivity index (χ3v) is 8.41. The normalized spacial score (nSPS) is 38.5. The van der Waals surface area contributed by atoms with Crippen molar-refractivity contribution in [3.05, 3.63) is 34.8 Å². The Labute approximate surface area is 198 Å². The van der Waals surface area contributed by atoms with Gasteiger partial charge in [0.15, 0.2) is 11.6 Å². The number of ketones is 2. The smallest absolute Gasteiger partial charge is 0.183 e. The summed E-state index contributed by atoms with van der Waals surface area (Å²) in [6.45, 7) is 15.9. The number of Topliss-reactive ketones (excluding diaryl/α,β-unsaturated/α-hetero) is 2. The fraction of sp³-hybridized carbons (Fsp3) is 0.714. The zero-order chi connectivity index (χ0) is 24.6. The summed E-state index contributed by atoms with van der Waals surface area (Å²) in [7, 11) is 0. The summed E-state index contributed by atoms with van der Waals surface area (Å²) in [6, 6.07) is 0. The summed E-state index contributed by atoms with van der Waals surface area (Å²) >= 11 is 0. The molecule has 5 heteroatoms. The van der Waals surface area contributed by atoms with Crippen LogP contribution in [-0.4, -0.2) is 34.0 Å². The summed E-state index contributed by atoms with van der Waals surface area (Å²) in [5, 5.41) is 11.2. The van der Waals surface area contributed by atoms with E-state index >= 15 is 0 Å². The fourth-order valence-electron chi connectivity index (χ4n) is 5.84. The van der Waals surface area contributed by atoms with E-state index in [2.05, 4.69) is 39.8 Å². The van der Waals surface area contributed by atoms with Crippen LogP contribution < -0.4 is 0 Å². The predicted octanol–water partition coefficient (Wildman–Crippen LogP) is 6.00.